The van der Waals surface area contributed by atoms with Crippen LogP contribution in [0, 0.1) is 13.8 Å². The number of hydrogen-bond donors (Lipinski definition) is 1. The Bertz CT molecular complexity index is 356. The second-order valence-electron chi connectivity index (χ2n) is 4.39. The second-order valence-corrected chi connectivity index (χ2v) is 5.87. The minimum absolute atomic E-state index is 0.296. The van der Waals surface area contributed by atoms with Crippen LogP contribution in [-0.2, 0) is 17.3 Å². The van der Waals surface area contributed by atoms with Gasteiger partial charge in [0.25, 0.3) is 0 Å². The molecule has 16 heavy (non-hydrogen) atoms. The average molecular weight is 239 g/mol. The molecule has 90 valence electrons. The van der Waals surface area contributed by atoms with Crippen molar-refractivity contribution in [1.29, 1.82) is 0 Å². The summed E-state index contributed by atoms with van der Waals surface area (Å²) in [6.45, 7) is 7.20. The zero-order valence-corrected chi connectivity index (χ0v) is 11.4. The van der Waals surface area contributed by atoms with Gasteiger partial charge in [0, 0.05) is 35.4 Å². The van der Waals surface area contributed by atoms with Gasteiger partial charge in [0.05, 0.1) is 0 Å². The van der Waals surface area contributed by atoms with E-state index in [0.717, 1.165) is 6.54 Å². The average Bonchev–Trinajstić information content (AvgIpc) is 2.15. The fourth-order valence-corrected chi connectivity index (χ4v) is 2.64. The highest BCUT2D eigenvalue weighted by molar-refractivity contribution is 7.84. The van der Waals surface area contributed by atoms with Crippen LogP contribution >= 0.6 is 0 Å². The van der Waals surface area contributed by atoms with Crippen LogP contribution in [0.2, 0.25) is 0 Å². The van der Waals surface area contributed by atoms with Crippen molar-refractivity contribution in [2.75, 3.05) is 12.0 Å². The number of nitrogens with one attached hydrogen (secondary N) is 1. The maximum absolute atomic E-state index is 11.1. The van der Waals surface area contributed by atoms with Gasteiger partial charge >= 0.3 is 0 Å². The van der Waals surface area contributed by atoms with Gasteiger partial charge in [-0.1, -0.05) is 18.2 Å². The van der Waals surface area contributed by atoms with E-state index in [1.807, 2.05) is 0 Å². The van der Waals surface area contributed by atoms with Gasteiger partial charge in [0.15, 0.2) is 0 Å². The molecule has 0 radical (unpaired) electrons. The van der Waals surface area contributed by atoms with Gasteiger partial charge in [-0.2, -0.15) is 0 Å². The van der Waals surface area contributed by atoms with Crippen LogP contribution in [0.1, 0.15) is 23.6 Å². The molecule has 0 aliphatic heterocycles. The zero-order valence-electron chi connectivity index (χ0n) is 10.5. The molecule has 2 atom stereocenters. The normalized spacial score (nSPS) is 14.8. The molecule has 0 saturated heterocycles. The summed E-state index contributed by atoms with van der Waals surface area (Å²) in [5.74, 6) is 0.713. The lowest BCUT2D eigenvalue weighted by atomic mass is 10.0. The third kappa shape index (κ3) is 4.06. The molecule has 0 aliphatic carbocycles. The third-order valence-electron chi connectivity index (χ3n) is 2.76. The smallest absolute Gasteiger partial charge is 0.0383 e. The summed E-state index contributed by atoms with van der Waals surface area (Å²) >= 11 is 0. The van der Waals surface area contributed by atoms with Crippen molar-refractivity contribution in [2.45, 2.75) is 33.4 Å². The van der Waals surface area contributed by atoms with E-state index in [1.165, 1.54) is 16.7 Å². The van der Waals surface area contributed by atoms with Crippen molar-refractivity contribution in [1.82, 2.24) is 5.32 Å². The Balaban J connectivity index is 2.57. The first kappa shape index (κ1) is 13.4. The van der Waals surface area contributed by atoms with E-state index >= 15 is 0 Å². The summed E-state index contributed by atoms with van der Waals surface area (Å²) in [4.78, 5) is 0. The predicted molar refractivity (Wildman–Crippen MR) is 71.2 cm³/mol. The molecular formula is C13H21NOS. The van der Waals surface area contributed by atoms with Crippen molar-refractivity contribution in [2.24, 2.45) is 0 Å². The highest BCUT2D eigenvalue weighted by atomic mass is 32.2. The summed E-state index contributed by atoms with van der Waals surface area (Å²) in [5.41, 5.74) is 3.99. The Hall–Kier alpha value is -0.670. The summed E-state index contributed by atoms with van der Waals surface area (Å²) in [6, 6.07) is 6.64. The van der Waals surface area contributed by atoms with Crippen molar-refractivity contribution in [3.05, 3.63) is 34.9 Å². The fourth-order valence-electron chi connectivity index (χ4n) is 1.82. The van der Waals surface area contributed by atoms with Crippen molar-refractivity contribution in [3.8, 4) is 0 Å². The van der Waals surface area contributed by atoms with E-state index in [4.69, 9.17) is 0 Å². The molecule has 0 spiro atoms. The Kier molecular flexibility index (Phi) is 5.16. The second kappa shape index (κ2) is 6.16. The fraction of sp³-hybridized carbons (Fsp3) is 0.538. The monoisotopic (exact) mass is 239 g/mol. The summed E-state index contributed by atoms with van der Waals surface area (Å²) in [6.07, 6.45) is 1.75. The lowest BCUT2D eigenvalue weighted by Crippen LogP contribution is -2.30. The predicted octanol–water partition coefficient (Wildman–Crippen LogP) is 2.16. The molecule has 1 rings (SSSR count). The van der Waals surface area contributed by atoms with Gasteiger partial charge in [-0.15, -0.1) is 0 Å². The van der Waals surface area contributed by atoms with Crippen LogP contribution in [-0.4, -0.2) is 22.3 Å². The molecule has 0 saturated carbocycles. The lowest BCUT2D eigenvalue weighted by Gasteiger charge is -2.15. The minimum atomic E-state index is -0.727. The van der Waals surface area contributed by atoms with Crippen LogP contribution < -0.4 is 5.32 Å². The van der Waals surface area contributed by atoms with Gasteiger partial charge in [-0.3, -0.25) is 4.21 Å². The first-order chi connectivity index (χ1) is 7.50. The molecular weight excluding hydrogens is 218 g/mol. The highest BCUT2D eigenvalue weighted by Gasteiger charge is 2.06. The summed E-state index contributed by atoms with van der Waals surface area (Å²) in [5, 5.41) is 3.42. The zero-order chi connectivity index (χ0) is 12.1. The van der Waals surface area contributed by atoms with E-state index in [1.54, 1.807) is 6.26 Å². The molecule has 3 heteroatoms. The highest BCUT2D eigenvalue weighted by Crippen LogP contribution is 2.12. The molecule has 0 heterocycles. The Morgan fingerprint density at radius 2 is 1.88 bits per heavy atom. The topological polar surface area (TPSA) is 29.1 Å². The SMILES string of the molecule is Cc1cccc(C)c1CNC(C)CS(C)=O. The van der Waals surface area contributed by atoms with Gasteiger partial charge in [0.1, 0.15) is 0 Å². The molecule has 0 amide bonds. The quantitative estimate of drug-likeness (QED) is 0.853. The molecule has 1 N–H and O–H groups in total. The maximum atomic E-state index is 11.1. The third-order valence-corrected chi connectivity index (χ3v) is 3.73. The van der Waals surface area contributed by atoms with E-state index in [-0.39, 0.29) is 0 Å². The Morgan fingerprint density at radius 1 is 1.31 bits per heavy atom. The maximum Gasteiger partial charge on any atom is 0.0383 e. The first-order valence-electron chi connectivity index (χ1n) is 5.59. The lowest BCUT2D eigenvalue weighted by molar-refractivity contribution is 0.585. The Morgan fingerprint density at radius 3 is 2.38 bits per heavy atom. The van der Waals surface area contributed by atoms with Gasteiger partial charge in [-0.05, 0) is 37.5 Å². The largest absolute Gasteiger partial charge is 0.309 e. The van der Waals surface area contributed by atoms with Crippen LogP contribution in [0.4, 0.5) is 0 Å². The van der Waals surface area contributed by atoms with Crippen LogP contribution in [0.15, 0.2) is 18.2 Å². The molecule has 0 aromatic heterocycles. The molecule has 0 bridgehead atoms. The number of hydrogen-bond acceptors (Lipinski definition) is 2. The van der Waals surface area contributed by atoms with Crippen molar-refractivity contribution >= 4 is 10.8 Å². The Labute approximate surface area is 101 Å². The molecule has 0 aliphatic rings. The molecule has 2 unspecified atom stereocenters. The van der Waals surface area contributed by atoms with E-state index in [2.05, 4.69) is 44.3 Å². The van der Waals surface area contributed by atoms with E-state index in [0.29, 0.717) is 11.8 Å². The minimum Gasteiger partial charge on any atom is -0.309 e. The van der Waals surface area contributed by atoms with Gasteiger partial charge in [-0.25, -0.2) is 0 Å². The molecule has 1 aromatic carbocycles. The van der Waals surface area contributed by atoms with Crippen molar-refractivity contribution < 1.29 is 4.21 Å². The number of benzene rings is 1. The molecule has 2 nitrogen and oxygen atoms in total. The van der Waals surface area contributed by atoms with Crippen LogP contribution in [0.5, 0.6) is 0 Å². The van der Waals surface area contributed by atoms with Crippen LogP contribution in [0.3, 0.4) is 0 Å². The number of aryl methyl sites for hydroxylation is 2. The summed E-state index contributed by atoms with van der Waals surface area (Å²) in [7, 11) is -0.727. The van der Waals surface area contributed by atoms with E-state index < -0.39 is 10.8 Å². The van der Waals surface area contributed by atoms with Crippen molar-refractivity contribution in [3.63, 3.8) is 0 Å². The standard InChI is InChI=1S/C13H21NOS/c1-10-6-5-7-11(2)13(10)8-14-12(3)9-16(4)15/h5-7,12,14H,8-9H2,1-4H3. The summed E-state index contributed by atoms with van der Waals surface area (Å²) < 4.78 is 11.1. The first-order valence-corrected chi connectivity index (χ1v) is 7.32. The molecule has 0 fully saturated rings. The van der Waals surface area contributed by atoms with Crippen LogP contribution in [0.25, 0.3) is 0 Å². The van der Waals surface area contributed by atoms with Gasteiger partial charge in [0.2, 0.25) is 0 Å². The van der Waals surface area contributed by atoms with Gasteiger partial charge < -0.3 is 5.32 Å². The van der Waals surface area contributed by atoms with E-state index in [9.17, 15) is 4.21 Å². The molecule has 1 aromatic rings. The number of rotatable bonds is 5.